The van der Waals surface area contributed by atoms with Crippen LogP contribution in [0.5, 0.6) is 0 Å². The molecule has 7 heteroatoms. The lowest BCUT2D eigenvalue weighted by Crippen LogP contribution is -2.32. The summed E-state index contributed by atoms with van der Waals surface area (Å²) in [6.45, 7) is 2.44. The lowest BCUT2D eigenvalue weighted by atomic mass is 10.0. The number of aryl methyl sites for hydroxylation is 1. The molecule has 1 amide bonds. The topological polar surface area (TPSA) is 70.4 Å². The highest BCUT2D eigenvalue weighted by Gasteiger charge is 2.41. The van der Waals surface area contributed by atoms with E-state index in [0.717, 1.165) is 34.0 Å². The second kappa shape index (κ2) is 10.1. The Morgan fingerprint density at radius 1 is 1.06 bits per heavy atom. The van der Waals surface area contributed by atoms with Crippen LogP contribution >= 0.6 is 12.2 Å². The van der Waals surface area contributed by atoms with Crippen molar-refractivity contribution in [1.29, 1.82) is 0 Å². The summed E-state index contributed by atoms with van der Waals surface area (Å²) in [5.41, 5.74) is 3.76. The minimum atomic E-state index is -0.235. The number of carbonyl (C=O) groups excluding carboxylic acids is 1. The molecule has 2 N–H and O–H groups in total. The van der Waals surface area contributed by atoms with Crippen LogP contribution < -0.4 is 10.6 Å². The van der Waals surface area contributed by atoms with Crippen molar-refractivity contribution < 1.29 is 9.21 Å². The van der Waals surface area contributed by atoms with Gasteiger partial charge in [0.2, 0.25) is 5.91 Å². The molecule has 2 aromatic carbocycles. The highest BCUT2D eigenvalue weighted by atomic mass is 32.1. The van der Waals surface area contributed by atoms with Gasteiger partial charge in [0.1, 0.15) is 17.6 Å². The highest BCUT2D eigenvalue weighted by molar-refractivity contribution is 7.80. The van der Waals surface area contributed by atoms with Crippen LogP contribution in [0, 0.1) is 6.92 Å². The second-order valence-electron chi connectivity index (χ2n) is 8.56. The molecule has 2 aromatic heterocycles. The summed E-state index contributed by atoms with van der Waals surface area (Å²) in [4.78, 5) is 19.3. The summed E-state index contributed by atoms with van der Waals surface area (Å²) >= 11 is 5.71. The molecule has 0 unspecified atom stereocenters. The quantitative estimate of drug-likeness (QED) is 0.332. The maximum absolute atomic E-state index is 12.7. The van der Waals surface area contributed by atoms with E-state index in [1.807, 2.05) is 96.8 Å². The standard InChI is InChI=1S/C28H26N4O2S/c1-19-8-7-11-21(18-19)30-25(33)15-17-32-27(26(31-28(32)35)22-12-5-6-16-29-22)24-14-13-23(34-24)20-9-3-2-4-10-20/h2-14,16,18,26-27H,15,17H2,1H3,(H,30,33)(H,31,35)/t26-,27+/m0/s1. The van der Waals surface area contributed by atoms with E-state index in [1.54, 1.807) is 6.20 Å². The van der Waals surface area contributed by atoms with Crippen molar-refractivity contribution in [2.45, 2.75) is 25.4 Å². The molecule has 6 nitrogen and oxygen atoms in total. The third-order valence-electron chi connectivity index (χ3n) is 6.06. The summed E-state index contributed by atoms with van der Waals surface area (Å²) in [6, 6.07) is 27.1. The fraction of sp³-hybridized carbons (Fsp3) is 0.179. The third-order valence-corrected chi connectivity index (χ3v) is 6.41. The summed E-state index contributed by atoms with van der Waals surface area (Å²) in [5.74, 6) is 1.49. The monoisotopic (exact) mass is 482 g/mol. The number of hydrogen-bond donors (Lipinski definition) is 2. The zero-order chi connectivity index (χ0) is 24.2. The summed E-state index contributed by atoms with van der Waals surface area (Å²) < 4.78 is 6.33. The van der Waals surface area contributed by atoms with Crippen LogP contribution in [0.3, 0.4) is 0 Å². The van der Waals surface area contributed by atoms with Crippen LogP contribution in [-0.4, -0.2) is 27.4 Å². The number of nitrogens with one attached hydrogen (secondary N) is 2. The Balaban J connectivity index is 1.39. The predicted molar refractivity (Wildman–Crippen MR) is 141 cm³/mol. The zero-order valence-electron chi connectivity index (χ0n) is 19.3. The molecule has 0 aliphatic carbocycles. The van der Waals surface area contributed by atoms with E-state index in [0.29, 0.717) is 11.7 Å². The lowest BCUT2D eigenvalue weighted by Gasteiger charge is -2.25. The molecule has 1 saturated heterocycles. The van der Waals surface area contributed by atoms with Crippen LogP contribution in [0.1, 0.15) is 35.5 Å². The molecule has 1 aliphatic rings. The van der Waals surface area contributed by atoms with Gasteiger partial charge in [-0.3, -0.25) is 9.78 Å². The number of benzene rings is 2. The molecule has 176 valence electrons. The van der Waals surface area contributed by atoms with Gasteiger partial charge in [-0.05, 0) is 61.1 Å². The van der Waals surface area contributed by atoms with E-state index < -0.39 is 0 Å². The number of carbonyl (C=O) groups is 1. The minimum Gasteiger partial charge on any atom is -0.459 e. The van der Waals surface area contributed by atoms with Crippen molar-refractivity contribution in [1.82, 2.24) is 15.2 Å². The van der Waals surface area contributed by atoms with Crippen molar-refractivity contribution in [3.63, 3.8) is 0 Å². The fourth-order valence-electron chi connectivity index (χ4n) is 4.39. The number of pyridine rings is 1. The first kappa shape index (κ1) is 22.8. The van der Waals surface area contributed by atoms with Crippen LogP contribution in [0.25, 0.3) is 11.3 Å². The van der Waals surface area contributed by atoms with Gasteiger partial charge in [0, 0.05) is 30.4 Å². The van der Waals surface area contributed by atoms with Gasteiger partial charge in [0.15, 0.2) is 5.11 Å². The van der Waals surface area contributed by atoms with Gasteiger partial charge in [-0.15, -0.1) is 0 Å². The normalized spacial score (nSPS) is 17.3. The summed E-state index contributed by atoms with van der Waals surface area (Å²) in [5, 5.41) is 6.96. The molecular weight excluding hydrogens is 456 g/mol. The Morgan fingerprint density at radius 2 is 1.89 bits per heavy atom. The van der Waals surface area contributed by atoms with Crippen LogP contribution in [0.15, 0.2) is 95.5 Å². The molecule has 5 rings (SSSR count). The number of furan rings is 1. The number of thiocarbonyl (C=S) groups is 1. The molecule has 4 aromatic rings. The van der Waals surface area contributed by atoms with E-state index in [4.69, 9.17) is 16.6 Å². The molecule has 3 heterocycles. The van der Waals surface area contributed by atoms with Gasteiger partial charge in [-0.1, -0.05) is 48.5 Å². The van der Waals surface area contributed by atoms with Gasteiger partial charge in [-0.25, -0.2) is 0 Å². The third kappa shape index (κ3) is 5.10. The number of rotatable bonds is 7. The van der Waals surface area contributed by atoms with Gasteiger partial charge in [0.05, 0.1) is 11.7 Å². The van der Waals surface area contributed by atoms with E-state index in [1.165, 1.54) is 0 Å². The smallest absolute Gasteiger partial charge is 0.226 e. The Kier molecular flexibility index (Phi) is 6.59. The Labute approximate surface area is 210 Å². The summed E-state index contributed by atoms with van der Waals surface area (Å²) in [7, 11) is 0. The molecular formula is C28H26N4O2S. The number of hydrogen-bond acceptors (Lipinski definition) is 4. The first-order valence-corrected chi connectivity index (χ1v) is 12.0. The maximum Gasteiger partial charge on any atom is 0.226 e. The Morgan fingerprint density at radius 3 is 2.66 bits per heavy atom. The first-order chi connectivity index (χ1) is 17.1. The number of aromatic nitrogens is 1. The van der Waals surface area contributed by atoms with Crippen LogP contribution in [0.2, 0.25) is 0 Å². The summed E-state index contributed by atoms with van der Waals surface area (Å²) in [6.07, 6.45) is 2.06. The largest absolute Gasteiger partial charge is 0.459 e. The number of nitrogens with zero attached hydrogens (tertiary/aromatic N) is 2. The lowest BCUT2D eigenvalue weighted by molar-refractivity contribution is -0.116. The van der Waals surface area contributed by atoms with Crippen molar-refractivity contribution in [3.8, 4) is 11.3 Å². The van der Waals surface area contributed by atoms with E-state index in [9.17, 15) is 4.79 Å². The average Bonchev–Trinajstić information content (AvgIpc) is 3.48. The van der Waals surface area contributed by atoms with Crippen molar-refractivity contribution in [3.05, 3.63) is 108 Å². The molecule has 35 heavy (non-hydrogen) atoms. The minimum absolute atomic E-state index is 0.0668. The number of anilines is 1. The molecule has 0 bridgehead atoms. The van der Waals surface area contributed by atoms with Gasteiger partial charge in [0.25, 0.3) is 0 Å². The molecule has 1 aliphatic heterocycles. The molecule has 0 spiro atoms. The Hall–Kier alpha value is -3.97. The van der Waals surface area contributed by atoms with Crippen LogP contribution in [0.4, 0.5) is 5.69 Å². The average molecular weight is 483 g/mol. The van der Waals surface area contributed by atoms with E-state index in [2.05, 4.69) is 15.6 Å². The first-order valence-electron chi connectivity index (χ1n) is 11.6. The van der Waals surface area contributed by atoms with Gasteiger partial charge < -0.3 is 20.0 Å². The van der Waals surface area contributed by atoms with Gasteiger partial charge in [-0.2, -0.15) is 0 Å². The number of amides is 1. The second-order valence-corrected chi connectivity index (χ2v) is 8.94. The van der Waals surface area contributed by atoms with E-state index >= 15 is 0 Å². The van der Waals surface area contributed by atoms with Crippen LogP contribution in [-0.2, 0) is 4.79 Å². The highest BCUT2D eigenvalue weighted by Crippen LogP contribution is 2.40. The van der Waals surface area contributed by atoms with E-state index in [-0.39, 0.29) is 24.4 Å². The molecule has 0 saturated carbocycles. The molecule has 0 radical (unpaired) electrons. The van der Waals surface area contributed by atoms with Gasteiger partial charge >= 0.3 is 0 Å². The maximum atomic E-state index is 12.7. The fourth-order valence-corrected chi connectivity index (χ4v) is 4.72. The Bertz CT molecular complexity index is 1320. The predicted octanol–water partition coefficient (Wildman–Crippen LogP) is 5.65. The molecule has 2 atom stereocenters. The molecule has 1 fully saturated rings. The van der Waals surface area contributed by atoms with Crippen molar-refractivity contribution in [2.75, 3.05) is 11.9 Å². The van der Waals surface area contributed by atoms with Crippen molar-refractivity contribution in [2.24, 2.45) is 0 Å². The SMILES string of the molecule is Cc1cccc(NC(=O)CCN2C(=S)N[C@@H](c3ccccn3)[C@H]2c2ccc(-c3ccccc3)o2)c1. The van der Waals surface area contributed by atoms with Crippen molar-refractivity contribution >= 4 is 28.9 Å². The zero-order valence-corrected chi connectivity index (χ0v) is 20.2.